The van der Waals surface area contributed by atoms with Crippen LogP contribution in [0.15, 0.2) is 35.3 Å². The second kappa shape index (κ2) is 6.04. The van der Waals surface area contributed by atoms with Crippen LogP contribution < -0.4 is 0 Å². The van der Waals surface area contributed by atoms with Crippen molar-refractivity contribution in [1.82, 2.24) is 0 Å². The monoisotopic (exact) mass is 320 g/mol. The molecule has 0 saturated carbocycles. The first kappa shape index (κ1) is 16.1. The van der Waals surface area contributed by atoms with E-state index in [1.54, 1.807) is 0 Å². The van der Waals surface area contributed by atoms with E-state index in [1.165, 1.54) is 0 Å². The smallest absolute Gasteiger partial charge is 0.431 e. The van der Waals surface area contributed by atoms with Gasteiger partial charge in [0.25, 0.3) is 0 Å². The number of aryl methyl sites for hydroxylation is 2. The van der Waals surface area contributed by atoms with Crippen LogP contribution in [0.1, 0.15) is 38.9 Å². The molecule has 1 aliphatic rings. The number of fused-ring (bicyclic) bond motifs is 2. The quantitative estimate of drug-likeness (QED) is 0.761. The van der Waals surface area contributed by atoms with E-state index in [1.807, 2.05) is 51.1 Å². The maximum absolute atomic E-state index is 11.1. The Balaban J connectivity index is 2.32. The summed E-state index contributed by atoms with van der Waals surface area (Å²) in [7, 11) is 0. The Hall–Kier alpha value is -2.75. The molecule has 2 aromatic carbocycles. The fourth-order valence-corrected chi connectivity index (χ4v) is 3.37. The van der Waals surface area contributed by atoms with Gasteiger partial charge in [0.15, 0.2) is 0 Å². The van der Waals surface area contributed by atoms with Crippen LogP contribution in [0.2, 0.25) is 0 Å². The summed E-state index contributed by atoms with van der Waals surface area (Å²) < 4.78 is 0. The van der Waals surface area contributed by atoms with Gasteiger partial charge in [-0.05, 0) is 48.6 Å². The molecule has 0 atom stereocenters. The molecule has 0 radical (unpaired) electrons. The average Bonchev–Trinajstić information content (AvgIpc) is 2.50. The molecule has 0 fully saturated rings. The molecule has 0 aliphatic heterocycles. The van der Waals surface area contributed by atoms with Crippen molar-refractivity contribution in [3.05, 3.63) is 69.3 Å². The zero-order valence-corrected chi connectivity index (χ0v) is 14.1. The van der Waals surface area contributed by atoms with Gasteiger partial charge < -0.3 is 5.11 Å². The van der Waals surface area contributed by atoms with E-state index in [0.717, 1.165) is 38.9 Å². The normalized spacial score (nSPS) is 15.5. The molecule has 0 unspecified atom stereocenters. The number of hydrogen-bond donors (Lipinski definition) is 2. The second-order valence-corrected chi connectivity index (χ2v) is 6.33. The van der Waals surface area contributed by atoms with Gasteiger partial charge in [-0.15, -0.1) is 0 Å². The average molecular weight is 320 g/mol. The maximum atomic E-state index is 11.1. The second-order valence-electron chi connectivity index (χ2n) is 6.33. The zero-order chi connectivity index (χ0) is 17.4. The number of nitrogens with zero attached hydrogens (tertiary/aromatic N) is 1. The summed E-state index contributed by atoms with van der Waals surface area (Å²) in [4.78, 5) is 14.9. The SMILES string of the molecule is Cc1ccc2c(c1C)C(=N)c1cccc(C)c1C/C(=N/C(=O)O)C2. The molecule has 24 heavy (non-hydrogen) atoms. The van der Waals surface area contributed by atoms with Gasteiger partial charge in [0.05, 0.1) is 5.71 Å². The van der Waals surface area contributed by atoms with Crippen LogP contribution in [0, 0.1) is 26.2 Å². The highest BCUT2D eigenvalue weighted by atomic mass is 16.4. The summed E-state index contributed by atoms with van der Waals surface area (Å²) in [5.74, 6) is 0. The molecule has 4 nitrogen and oxygen atoms in total. The number of hydrogen-bond acceptors (Lipinski definition) is 2. The van der Waals surface area contributed by atoms with Crippen LogP contribution in [-0.2, 0) is 12.8 Å². The van der Waals surface area contributed by atoms with E-state index < -0.39 is 6.09 Å². The van der Waals surface area contributed by atoms with Crippen molar-refractivity contribution in [2.24, 2.45) is 4.99 Å². The minimum atomic E-state index is -1.17. The molecule has 2 aromatic rings. The van der Waals surface area contributed by atoms with Crippen LogP contribution >= 0.6 is 0 Å². The Morgan fingerprint density at radius 2 is 1.83 bits per heavy atom. The first-order valence-electron chi connectivity index (χ1n) is 7.94. The molecule has 2 N–H and O–H groups in total. The first-order valence-corrected chi connectivity index (χ1v) is 7.94. The predicted molar refractivity (Wildman–Crippen MR) is 95.9 cm³/mol. The summed E-state index contributed by atoms with van der Waals surface area (Å²) in [5.41, 5.74) is 8.12. The van der Waals surface area contributed by atoms with Crippen LogP contribution in [-0.4, -0.2) is 22.6 Å². The number of nitrogens with one attached hydrogen (secondary N) is 1. The van der Waals surface area contributed by atoms with Gasteiger partial charge in [-0.1, -0.05) is 30.3 Å². The minimum Gasteiger partial charge on any atom is -0.463 e. The van der Waals surface area contributed by atoms with E-state index in [2.05, 4.69) is 4.99 Å². The molecule has 0 bridgehead atoms. The van der Waals surface area contributed by atoms with E-state index >= 15 is 0 Å². The van der Waals surface area contributed by atoms with Crippen LogP contribution in [0.3, 0.4) is 0 Å². The first-order chi connectivity index (χ1) is 11.4. The summed E-state index contributed by atoms with van der Waals surface area (Å²) >= 11 is 0. The highest BCUT2D eigenvalue weighted by molar-refractivity contribution is 6.16. The number of benzene rings is 2. The minimum absolute atomic E-state index is 0.457. The van der Waals surface area contributed by atoms with Crippen molar-refractivity contribution < 1.29 is 9.90 Å². The highest BCUT2D eigenvalue weighted by Gasteiger charge is 2.23. The van der Waals surface area contributed by atoms with Crippen molar-refractivity contribution >= 4 is 17.5 Å². The molecule has 1 aliphatic carbocycles. The topological polar surface area (TPSA) is 73.5 Å². The summed E-state index contributed by atoms with van der Waals surface area (Å²) in [5, 5.41) is 17.9. The van der Waals surface area contributed by atoms with Gasteiger partial charge in [-0.25, -0.2) is 4.79 Å². The van der Waals surface area contributed by atoms with E-state index in [0.29, 0.717) is 24.3 Å². The van der Waals surface area contributed by atoms with Crippen molar-refractivity contribution in [3.63, 3.8) is 0 Å². The molecule has 0 saturated heterocycles. The lowest BCUT2D eigenvalue weighted by Crippen LogP contribution is -2.21. The van der Waals surface area contributed by atoms with Crippen molar-refractivity contribution in [3.8, 4) is 0 Å². The van der Waals surface area contributed by atoms with Crippen molar-refractivity contribution in [2.75, 3.05) is 0 Å². The molecule has 122 valence electrons. The molecular formula is C20H20N2O2. The zero-order valence-electron chi connectivity index (χ0n) is 14.1. The van der Waals surface area contributed by atoms with E-state index in [9.17, 15) is 4.79 Å². The summed E-state index contributed by atoms with van der Waals surface area (Å²) in [6.45, 7) is 6.05. The van der Waals surface area contributed by atoms with Crippen LogP contribution in [0.25, 0.3) is 0 Å². The third-order valence-electron chi connectivity index (χ3n) is 4.78. The third-order valence-corrected chi connectivity index (χ3v) is 4.78. The largest absolute Gasteiger partial charge is 0.463 e. The Labute approximate surface area is 141 Å². The Kier molecular flexibility index (Phi) is 4.06. The fraction of sp³-hybridized carbons (Fsp3) is 0.250. The predicted octanol–water partition coefficient (Wildman–Crippen LogP) is 4.25. The Bertz CT molecular complexity index is 895. The Morgan fingerprint density at radius 1 is 1.08 bits per heavy atom. The highest BCUT2D eigenvalue weighted by Crippen LogP contribution is 2.28. The van der Waals surface area contributed by atoms with E-state index in [-0.39, 0.29) is 0 Å². The molecule has 4 heteroatoms. The van der Waals surface area contributed by atoms with Crippen molar-refractivity contribution in [1.29, 1.82) is 5.41 Å². The van der Waals surface area contributed by atoms with Gasteiger partial charge in [0.1, 0.15) is 0 Å². The molecule has 3 rings (SSSR count). The van der Waals surface area contributed by atoms with Gasteiger partial charge in [-0.2, -0.15) is 4.99 Å². The lowest BCUT2D eigenvalue weighted by Gasteiger charge is -2.23. The van der Waals surface area contributed by atoms with Crippen LogP contribution in [0.5, 0.6) is 0 Å². The number of rotatable bonds is 0. The lowest BCUT2D eigenvalue weighted by atomic mass is 9.82. The van der Waals surface area contributed by atoms with Gasteiger partial charge in [0.2, 0.25) is 0 Å². The third kappa shape index (κ3) is 2.75. The summed E-state index contributed by atoms with van der Waals surface area (Å²) in [6.07, 6.45) is -0.247. The molecule has 0 spiro atoms. The van der Waals surface area contributed by atoms with Gasteiger partial charge >= 0.3 is 6.09 Å². The number of amides is 1. The van der Waals surface area contributed by atoms with Crippen LogP contribution in [0.4, 0.5) is 4.79 Å². The molecule has 1 amide bonds. The fourth-order valence-electron chi connectivity index (χ4n) is 3.37. The number of carbonyl (C=O) groups is 1. The van der Waals surface area contributed by atoms with E-state index in [4.69, 9.17) is 10.5 Å². The molecular weight excluding hydrogens is 300 g/mol. The van der Waals surface area contributed by atoms with Gasteiger partial charge in [0, 0.05) is 29.7 Å². The van der Waals surface area contributed by atoms with Crippen molar-refractivity contribution in [2.45, 2.75) is 33.6 Å². The molecule has 0 heterocycles. The number of aliphatic imine (C=N–C) groups is 1. The molecule has 0 aromatic heterocycles. The lowest BCUT2D eigenvalue weighted by molar-refractivity contribution is 0.205. The van der Waals surface area contributed by atoms with Gasteiger partial charge in [-0.3, -0.25) is 5.41 Å². The Morgan fingerprint density at radius 3 is 2.54 bits per heavy atom. The summed E-state index contributed by atoms with van der Waals surface area (Å²) in [6, 6.07) is 9.90. The standard InChI is InChI=1S/C20H20N2O2/c1-11-7-8-14-9-15(22-20(23)24)10-17-12(2)5-4-6-16(17)19(21)18(14)13(11)3/h4-8,21H,9-10H2,1-3H3,(H,23,24)/b21-19?,22-15+. The number of carboxylic acid groups (broad SMARTS) is 1. The maximum Gasteiger partial charge on any atom is 0.431 e.